The van der Waals surface area contributed by atoms with E-state index in [1.165, 1.54) is 0 Å². The number of hydrogen-bond acceptors (Lipinski definition) is 3. The van der Waals surface area contributed by atoms with Crippen LogP contribution >= 0.6 is 0 Å². The molecule has 0 saturated heterocycles. The molecule has 3 N–H and O–H groups in total. The third-order valence-electron chi connectivity index (χ3n) is 3.07. The average molecular weight is 204 g/mol. The van der Waals surface area contributed by atoms with Crippen molar-refractivity contribution in [3.05, 3.63) is 0 Å². The summed E-state index contributed by atoms with van der Waals surface area (Å²) >= 11 is 0. The predicted molar refractivity (Wildman–Crippen MR) is 57.0 cm³/mol. The largest absolute Gasteiger partial charge is 0.394 e. The monoisotopic (exact) mass is 204 g/mol. The molecule has 0 aromatic rings. The van der Waals surface area contributed by atoms with Crippen molar-refractivity contribution in [2.45, 2.75) is 58.2 Å². The zero-order valence-corrected chi connectivity index (χ0v) is 9.53. The summed E-state index contributed by atoms with van der Waals surface area (Å²) in [4.78, 5) is 0. The highest BCUT2D eigenvalue weighted by atomic mass is 16.4. The van der Waals surface area contributed by atoms with Crippen LogP contribution in [-0.2, 0) is 0 Å². The molecule has 0 spiro atoms. The third kappa shape index (κ3) is 3.56. The second-order valence-corrected chi connectivity index (χ2v) is 4.17. The fourth-order valence-electron chi connectivity index (χ4n) is 1.82. The fourth-order valence-corrected chi connectivity index (χ4v) is 1.82. The maximum atomic E-state index is 10.1. The predicted octanol–water partition coefficient (Wildman–Crippen LogP) is 1.31. The molecule has 0 amide bonds. The molecule has 0 saturated carbocycles. The lowest BCUT2D eigenvalue weighted by molar-refractivity contribution is -0.120. The summed E-state index contributed by atoms with van der Waals surface area (Å²) in [6.45, 7) is 5.33. The van der Waals surface area contributed by atoms with Crippen molar-refractivity contribution in [1.82, 2.24) is 0 Å². The summed E-state index contributed by atoms with van der Waals surface area (Å²) in [6, 6.07) is 0. The molecule has 0 aliphatic heterocycles. The highest BCUT2D eigenvalue weighted by Gasteiger charge is 2.36. The van der Waals surface area contributed by atoms with Gasteiger partial charge in [-0.1, -0.05) is 33.1 Å². The van der Waals surface area contributed by atoms with Gasteiger partial charge in [-0.3, -0.25) is 0 Å². The lowest BCUT2D eigenvalue weighted by Crippen LogP contribution is -2.47. The number of aliphatic hydroxyl groups excluding tert-OH is 2. The van der Waals surface area contributed by atoms with E-state index in [2.05, 4.69) is 6.92 Å². The molecule has 0 fully saturated rings. The van der Waals surface area contributed by atoms with E-state index in [4.69, 9.17) is 5.11 Å². The molecule has 0 aliphatic carbocycles. The van der Waals surface area contributed by atoms with Crippen molar-refractivity contribution in [1.29, 1.82) is 0 Å². The Kier molecular flexibility index (Phi) is 6.33. The lowest BCUT2D eigenvalue weighted by Gasteiger charge is -2.35. The summed E-state index contributed by atoms with van der Waals surface area (Å²) in [7, 11) is 0. The van der Waals surface area contributed by atoms with Crippen LogP contribution in [0.4, 0.5) is 0 Å². The fraction of sp³-hybridized carbons (Fsp3) is 1.00. The zero-order valence-electron chi connectivity index (χ0n) is 9.53. The van der Waals surface area contributed by atoms with Gasteiger partial charge in [-0.15, -0.1) is 0 Å². The van der Waals surface area contributed by atoms with Crippen LogP contribution in [-0.4, -0.2) is 33.6 Å². The summed E-state index contributed by atoms with van der Waals surface area (Å²) in [5.74, 6) is 0.0598. The van der Waals surface area contributed by atoms with E-state index in [0.717, 1.165) is 25.7 Å². The van der Waals surface area contributed by atoms with Gasteiger partial charge in [-0.25, -0.2) is 0 Å². The Bertz CT molecular complexity index is 145. The Labute approximate surface area is 86.8 Å². The summed E-state index contributed by atoms with van der Waals surface area (Å²) in [5, 5.41) is 28.4. The SMILES string of the molecule is CCCCC(CC)C(C)(O)C(O)CO. The Morgan fingerprint density at radius 2 is 1.86 bits per heavy atom. The molecule has 3 nitrogen and oxygen atoms in total. The van der Waals surface area contributed by atoms with Gasteiger partial charge in [0.25, 0.3) is 0 Å². The lowest BCUT2D eigenvalue weighted by atomic mass is 9.79. The number of hydrogen-bond donors (Lipinski definition) is 3. The standard InChI is InChI=1S/C11H24O3/c1-4-6-7-9(5-2)11(3,14)10(13)8-12/h9-10,12-14H,4-8H2,1-3H3. The minimum Gasteiger partial charge on any atom is -0.394 e. The van der Waals surface area contributed by atoms with Crippen LogP contribution in [0.3, 0.4) is 0 Å². The quantitative estimate of drug-likeness (QED) is 0.586. The van der Waals surface area contributed by atoms with Crippen LogP contribution in [0.2, 0.25) is 0 Å². The van der Waals surface area contributed by atoms with E-state index in [1.807, 2.05) is 6.92 Å². The van der Waals surface area contributed by atoms with Gasteiger partial charge in [0.05, 0.1) is 12.2 Å². The van der Waals surface area contributed by atoms with Gasteiger partial charge in [0.1, 0.15) is 6.10 Å². The Morgan fingerprint density at radius 1 is 1.29 bits per heavy atom. The Balaban J connectivity index is 4.31. The summed E-state index contributed by atoms with van der Waals surface area (Å²) in [5.41, 5.74) is -1.17. The van der Waals surface area contributed by atoms with Crippen molar-refractivity contribution >= 4 is 0 Å². The smallest absolute Gasteiger partial charge is 0.106 e. The molecule has 0 radical (unpaired) electrons. The van der Waals surface area contributed by atoms with Gasteiger partial charge in [-0.05, 0) is 19.3 Å². The van der Waals surface area contributed by atoms with Crippen molar-refractivity contribution in [3.8, 4) is 0 Å². The van der Waals surface area contributed by atoms with Crippen molar-refractivity contribution in [3.63, 3.8) is 0 Å². The van der Waals surface area contributed by atoms with Crippen LogP contribution in [0.5, 0.6) is 0 Å². The van der Waals surface area contributed by atoms with Crippen molar-refractivity contribution in [2.24, 2.45) is 5.92 Å². The van der Waals surface area contributed by atoms with Gasteiger partial charge < -0.3 is 15.3 Å². The first-order chi connectivity index (χ1) is 6.50. The molecule has 14 heavy (non-hydrogen) atoms. The molecule has 0 rings (SSSR count). The Hall–Kier alpha value is -0.120. The molecule has 3 atom stereocenters. The highest BCUT2D eigenvalue weighted by Crippen LogP contribution is 2.28. The zero-order chi connectivity index (χ0) is 11.2. The van der Waals surface area contributed by atoms with Crippen LogP contribution < -0.4 is 0 Å². The van der Waals surface area contributed by atoms with Crippen molar-refractivity contribution in [2.75, 3.05) is 6.61 Å². The average Bonchev–Trinajstić information content (AvgIpc) is 2.17. The molecule has 3 unspecified atom stereocenters. The first-order valence-electron chi connectivity index (χ1n) is 5.51. The normalized spacial score (nSPS) is 20.1. The van der Waals surface area contributed by atoms with Crippen LogP contribution in [0.15, 0.2) is 0 Å². The van der Waals surface area contributed by atoms with E-state index in [9.17, 15) is 10.2 Å². The van der Waals surface area contributed by atoms with E-state index in [1.54, 1.807) is 6.92 Å². The molecule has 0 heterocycles. The van der Waals surface area contributed by atoms with Gasteiger partial charge >= 0.3 is 0 Å². The molecule has 0 aromatic heterocycles. The maximum absolute atomic E-state index is 10.1. The second-order valence-electron chi connectivity index (χ2n) is 4.17. The van der Waals surface area contributed by atoms with E-state index in [0.29, 0.717) is 0 Å². The summed E-state index contributed by atoms with van der Waals surface area (Å²) < 4.78 is 0. The number of unbranched alkanes of at least 4 members (excludes halogenated alkanes) is 1. The van der Waals surface area contributed by atoms with E-state index >= 15 is 0 Å². The number of rotatable bonds is 7. The van der Waals surface area contributed by atoms with Gasteiger partial charge in [0.15, 0.2) is 0 Å². The second kappa shape index (κ2) is 6.38. The topological polar surface area (TPSA) is 60.7 Å². The minimum atomic E-state index is -1.17. The highest BCUT2D eigenvalue weighted by molar-refractivity contribution is 4.87. The van der Waals surface area contributed by atoms with Gasteiger partial charge in [0, 0.05) is 0 Å². The van der Waals surface area contributed by atoms with Gasteiger partial charge in [-0.2, -0.15) is 0 Å². The van der Waals surface area contributed by atoms with E-state index < -0.39 is 11.7 Å². The molecule has 3 heteroatoms. The van der Waals surface area contributed by atoms with Crippen molar-refractivity contribution < 1.29 is 15.3 Å². The van der Waals surface area contributed by atoms with E-state index in [-0.39, 0.29) is 12.5 Å². The molecule has 0 aromatic carbocycles. The van der Waals surface area contributed by atoms with Crippen LogP contribution in [0, 0.1) is 5.92 Å². The molecule has 0 bridgehead atoms. The summed E-state index contributed by atoms with van der Waals surface area (Å²) in [6.07, 6.45) is 2.82. The van der Waals surface area contributed by atoms with Crippen LogP contribution in [0.25, 0.3) is 0 Å². The molecular formula is C11H24O3. The first kappa shape index (κ1) is 13.9. The third-order valence-corrected chi connectivity index (χ3v) is 3.07. The minimum absolute atomic E-state index is 0.0598. The number of aliphatic hydroxyl groups is 3. The molecule has 86 valence electrons. The molecule has 0 aliphatic rings. The van der Waals surface area contributed by atoms with Gasteiger partial charge in [0.2, 0.25) is 0 Å². The Morgan fingerprint density at radius 3 is 2.21 bits per heavy atom. The van der Waals surface area contributed by atoms with Crippen LogP contribution in [0.1, 0.15) is 46.5 Å². The maximum Gasteiger partial charge on any atom is 0.106 e. The first-order valence-corrected chi connectivity index (χ1v) is 5.51. The molecular weight excluding hydrogens is 180 g/mol.